The summed E-state index contributed by atoms with van der Waals surface area (Å²) < 4.78 is 38.9. The Morgan fingerprint density at radius 3 is 2.62 bits per heavy atom. The zero-order valence-electron chi connectivity index (χ0n) is 11.7. The van der Waals surface area contributed by atoms with E-state index in [4.69, 9.17) is 0 Å². The molecule has 126 valence electrons. The highest BCUT2D eigenvalue weighted by atomic mass is 127. The fraction of sp³-hybridized carbons (Fsp3) is 0.0667. The predicted octanol–water partition coefficient (Wildman–Crippen LogP) is 4.54. The third kappa shape index (κ3) is 4.69. The Kier molecular flexibility index (Phi) is 5.86. The number of carbonyl (C=O) groups is 1. The molecule has 2 rings (SSSR count). The zero-order chi connectivity index (χ0) is 17.9. The lowest BCUT2D eigenvalue weighted by molar-refractivity contribution is -0.137. The molecule has 0 heterocycles. The second-order valence-electron chi connectivity index (χ2n) is 4.61. The number of phenolic OH excluding ortho intramolecular Hbond substituents is 1. The number of phenols is 1. The molecule has 0 saturated carbocycles. The van der Waals surface area contributed by atoms with Gasteiger partial charge in [0.2, 0.25) is 0 Å². The molecule has 0 fully saturated rings. The quantitative estimate of drug-likeness (QED) is 0.360. The van der Waals surface area contributed by atoms with E-state index >= 15 is 0 Å². The van der Waals surface area contributed by atoms with E-state index in [0.29, 0.717) is 13.6 Å². The lowest BCUT2D eigenvalue weighted by Crippen LogP contribution is -2.18. The van der Waals surface area contributed by atoms with Crippen LogP contribution in [0.15, 0.2) is 46.0 Å². The molecule has 2 N–H and O–H groups in total. The monoisotopic (exact) mass is 512 g/mol. The largest absolute Gasteiger partial charge is 0.506 e. The molecule has 0 atom stereocenters. The SMILES string of the molecule is O=C(N/N=C/c1cc(Br)c(O)c(I)c1)c1cccc(C(F)(F)F)c1. The fourth-order valence-electron chi connectivity index (χ4n) is 1.73. The average molecular weight is 513 g/mol. The summed E-state index contributed by atoms with van der Waals surface area (Å²) in [5.41, 5.74) is 1.70. The molecule has 2 aromatic rings. The second kappa shape index (κ2) is 7.51. The molecule has 0 aliphatic heterocycles. The van der Waals surface area contributed by atoms with Crippen molar-refractivity contribution in [2.24, 2.45) is 5.10 Å². The van der Waals surface area contributed by atoms with Crippen molar-refractivity contribution in [3.63, 3.8) is 0 Å². The number of carbonyl (C=O) groups excluding carboxylic acids is 1. The molecule has 4 nitrogen and oxygen atoms in total. The molecule has 2 aromatic carbocycles. The van der Waals surface area contributed by atoms with Gasteiger partial charge in [-0.05, 0) is 74.4 Å². The molecule has 0 aliphatic carbocycles. The van der Waals surface area contributed by atoms with Crippen LogP contribution in [0.1, 0.15) is 21.5 Å². The standard InChI is InChI=1S/C15H9BrF3IN2O2/c16-11-4-8(5-12(20)13(11)23)7-21-22-14(24)9-2-1-3-10(6-9)15(17,18)19/h1-7,23H,(H,22,24)/b21-7+. The number of nitrogens with one attached hydrogen (secondary N) is 1. The topological polar surface area (TPSA) is 61.7 Å². The number of hydrazone groups is 1. The van der Waals surface area contributed by atoms with Crippen molar-refractivity contribution in [3.05, 3.63) is 61.1 Å². The summed E-state index contributed by atoms with van der Waals surface area (Å²) in [6.45, 7) is 0. The van der Waals surface area contributed by atoms with Gasteiger partial charge in [0.25, 0.3) is 5.91 Å². The van der Waals surface area contributed by atoms with Crippen LogP contribution in [0, 0.1) is 3.57 Å². The van der Waals surface area contributed by atoms with Gasteiger partial charge >= 0.3 is 6.18 Å². The maximum Gasteiger partial charge on any atom is 0.416 e. The summed E-state index contributed by atoms with van der Waals surface area (Å²) in [4.78, 5) is 11.9. The summed E-state index contributed by atoms with van der Waals surface area (Å²) in [6.07, 6.45) is -3.20. The Balaban J connectivity index is 2.11. The van der Waals surface area contributed by atoms with Gasteiger partial charge in [0.1, 0.15) is 5.75 Å². The minimum Gasteiger partial charge on any atom is -0.506 e. The normalized spacial score (nSPS) is 11.7. The lowest BCUT2D eigenvalue weighted by Gasteiger charge is -2.07. The first-order valence-electron chi connectivity index (χ1n) is 6.37. The van der Waals surface area contributed by atoms with Gasteiger partial charge in [-0.25, -0.2) is 5.43 Å². The summed E-state index contributed by atoms with van der Waals surface area (Å²) >= 11 is 5.10. The number of amides is 1. The van der Waals surface area contributed by atoms with Crippen LogP contribution >= 0.6 is 38.5 Å². The van der Waals surface area contributed by atoms with E-state index in [9.17, 15) is 23.1 Å². The predicted molar refractivity (Wildman–Crippen MR) is 95.0 cm³/mol. The molecule has 0 unspecified atom stereocenters. The first kappa shape index (κ1) is 18.7. The number of aromatic hydroxyl groups is 1. The number of hydrogen-bond donors (Lipinski definition) is 2. The Bertz CT molecular complexity index is 787. The highest BCUT2D eigenvalue weighted by molar-refractivity contribution is 14.1. The second-order valence-corrected chi connectivity index (χ2v) is 6.63. The first-order valence-corrected chi connectivity index (χ1v) is 8.24. The van der Waals surface area contributed by atoms with E-state index < -0.39 is 17.6 Å². The van der Waals surface area contributed by atoms with Crippen LogP contribution in [0.3, 0.4) is 0 Å². The van der Waals surface area contributed by atoms with E-state index in [1.807, 2.05) is 22.6 Å². The molecule has 0 radical (unpaired) electrons. The van der Waals surface area contributed by atoms with E-state index in [1.54, 1.807) is 12.1 Å². The molecule has 0 aliphatic rings. The number of alkyl halides is 3. The van der Waals surface area contributed by atoms with E-state index in [0.717, 1.165) is 18.2 Å². The molecule has 24 heavy (non-hydrogen) atoms. The van der Waals surface area contributed by atoms with Crippen LogP contribution in [0.4, 0.5) is 13.2 Å². The summed E-state index contributed by atoms with van der Waals surface area (Å²) in [6, 6.07) is 7.26. The molecule has 9 heteroatoms. The molecular formula is C15H9BrF3IN2O2. The number of halogens is 5. The molecule has 1 amide bonds. The highest BCUT2D eigenvalue weighted by Crippen LogP contribution is 2.30. The van der Waals surface area contributed by atoms with Gasteiger partial charge in [0, 0.05) is 5.56 Å². The molecule has 0 bridgehead atoms. The van der Waals surface area contributed by atoms with E-state index in [-0.39, 0.29) is 11.3 Å². The highest BCUT2D eigenvalue weighted by Gasteiger charge is 2.30. The molecule has 0 saturated heterocycles. The van der Waals surface area contributed by atoms with Gasteiger partial charge < -0.3 is 5.11 Å². The van der Waals surface area contributed by atoms with Crippen LogP contribution in [0.5, 0.6) is 5.75 Å². The smallest absolute Gasteiger partial charge is 0.416 e. The van der Waals surface area contributed by atoms with Gasteiger partial charge in [-0.2, -0.15) is 18.3 Å². The summed E-state index contributed by atoms with van der Waals surface area (Å²) in [5, 5.41) is 13.3. The van der Waals surface area contributed by atoms with Crippen molar-refractivity contribution in [1.29, 1.82) is 0 Å². The van der Waals surface area contributed by atoms with Gasteiger partial charge in [0.15, 0.2) is 0 Å². The molecule has 0 spiro atoms. The van der Waals surface area contributed by atoms with Crippen molar-refractivity contribution < 1.29 is 23.1 Å². The van der Waals surface area contributed by atoms with Gasteiger partial charge in [-0.1, -0.05) is 6.07 Å². The first-order chi connectivity index (χ1) is 11.2. The van der Waals surface area contributed by atoms with E-state index in [2.05, 4.69) is 26.5 Å². The Hall–Kier alpha value is -1.62. The Morgan fingerprint density at radius 2 is 2.00 bits per heavy atom. The lowest BCUT2D eigenvalue weighted by atomic mass is 10.1. The Morgan fingerprint density at radius 1 is 1.29 bits per heavy atom. The minimum absolute atomic E-state index is 0.0840. The zero-order valence-corrected chi connectivity index (χ0v) is 15.5. The van der Waals surface area contributed by atoms with Crippen molar-refractivity contribution in [2.45, 2.75) is 6.18 Å². The molecule has 0 aromatic heterocycles. The van der Waals surface area contributed by atoms with Crippen molar-refractivity contribution in [3.8, 4) is 5.75 Å². The summed E-state index contributed by atoms with van der Waals surface area (Å²) in [5.74, 6) is -0.675. The van der Waals surface area contributed by atoms with Gasteiger partial charge in [-0.15, -0.1) is 0 Å². The third-order valence-corrected chi connectivity index (χ3v) is 4.30. The fourth-order valence-corrected chi connectivity index (χ4v) is 3.23. The van der Waals surface area contributed by atoms with Crippen molar-refractivity contribution >= 4 is 50.6 Å². The molecular weight excluding hydrogens is 504 g/mol. The van der Waals surface area contributed by atoms with Crippen molar-refractivity contribution in [2.75, 3.05) is 0 Å². The van der Waals surface area contributed by atoms with Crippen LogP contribution in [-0.2, 0) is 6.18 Å². The van der Waals surface area contributed by atoms with Gasteiger partial charge in [0.05, 0.1) is 19.8 Å². The third-order valence-electron chi connectivity index (χ3n) is 2.87. The van der Waals surface area contributed by atoms with Crippen LogP contribution in [-0.4, -0.2) is 17.2 Å². The average Bonchev–Trinajstić information content (AvgIpc) is 2.51. The summed E-state index contributed by atoms with van der Waals surface area (Å²) in [7, 11) is 0. The van der Waals surface area contributed by atoms with Crippen LogP contribution in [0.25, 0.3) is 0 Å². The Labute approximate surface area is 157 Å². The van der Waals surface area contributed by atoms with Crippen LogP contribution in [0.2, 0.25) is 0 Å². The van der Waals surface area contributed by atoms with Crippen molar-refractivity contribution in [1.82, 2.24) is 5.43 Å². The number of rotatable bonds is 3. The van der Waals surface area contributed by atoms with E-state index in [1.165, 1.54) is 12.3 Å². The van der Waals surface area contributed by atoms with Gasteiger partial charge in [-0.3, -0.25) is 4.79 Å². The maximum atomic E-state index is 12.6. The number of nitrogens with zero attached hydrogens (tertiary/aromatic N) is 1. The number of hydrogen-bond acceptors (Lipinski definition) is 3. The minimum atomic E-state index is -4.52. The maximum absolute atomic E-state index is 12.6. The van der Waals surface area contributed by atoms with Crippen LogP contribution < -0.4 is 5.43 Å². The number of benzene rings is 2.